The summed E-state index contributed by atoms with van der Waals surface area (Å²) in [5.74, 6) is -0.635. The van der Waals surface area contributed by atoms with Crippen LogP contribution in [0.15, 0.2) is 18.2 Å². The first-order valence-corrected chi connectivity index (χ1v) is 7.07. The number of nitrogens with two attached hydrogens (primary N) is 2. The van der Waals surface area contributed by atoms with Crippen molar-refractivity contribution >= 4 is 11.6 Å². The van der Waals surface area contributed by atoms with Gasteiger partial charge in [0, 0.05) is 18.7 Å². The van der Waals surface area contributed by atoms with Crippen LogP contribution in [0.1, 0.15) is 36.0 Å². The van der Waals surface area contributed by atoms with Gasteiger partial charge in [-0.1, -0.05) is 12.8 Å². The molecule has 0 aliphatic heterocycles. The number of amides is 1. The Morgan fingerprint density at radius 3 is 2.70 bits per heavy atom. The summed E-state index contributed by atoms with van der Waals surface area (Å²) in [7, 11) is 1.89. The first-order valence-electron chi connectivity index (χ1n) is 7.07. The second kappa shape index (κ2) is 6.22. The number of hydrogen-bond donors (Lipinski definition) is 2. The fourth-order valence-corrected chi connectivity index (χ4v) is 3.10. The molecule has 5 heteroatoms. The third-order valence-corrected chi connectivity index (χ3v) is 4.28. The zero-order chi connectivity index (χ0) is 14.7. The van der Waals surface area contributed by atoms with Gasteiger partial charge in [-0.2, -0.15) is 0 Å². The van der Waals surface area contributed by atoms with Crippen molar-refractivity contribution in [2.75, 3.05) is 18.5 Å². The summed E-state index contributed by atoms with van der Waals surface area (Å²) in [5.41, 5.74) is 11.7. The molecule has 0 saturated heterocycles. The summed E-state index contributed by atoms with van der Waals surface area (Å²) in [4.78, 5) is 13.0. The van der Waals surface area contributed by atoms with Crippen molar-refractivity contribution < 1.29 is 9.18 Å². The number of carbonyl (C=O) groups is 1. The first kappa shape index (κ1) is 14.8. The van der Waals surface area contributed by atoms with Crippen LogP contribution in [0.4, 0.5) is 10.1 Å². The van der Waals surface area contributed by atoms with Crippen molar-refractivity contribution in [3.05, 3.63) is 29.6 Å². The zero-order valence-electron chi connectivity index (χ0n) is 11.8. The Kier molecular flexibility index (Phi) is 4.60. The maximum atomic E-state index is 14.2. The highest BCUT2D eigenvalue weighted by atomic mass is 19.1. The molecule has 0 bridgehead atoms. The standard InChI is InChI=1S/C15H22FN3O/c1-19(13-5-3-2-4-11(13)9-17)14-7-6-10(15(18)20)8-12(14)16/h6-8,11,13H,2-5,9,17H2,1H3,(H2,18,20). The molecule has 0 radical (unpaired) electrons. The SMILES string of the molecule is CN(c1ccc(C(N)=O)cc1F)C1CCCCC1CN. The van der Waals surface area contributed by atoms with Crippen molar-refractivity contribution in [2.45, 2.75) is 31.7 Å². The van der Waals surface area contributed by atoms with E-state index in [-0.39, 0.29) is 11.6 Å². The summed E-state index contributed by atoms with van der Waals surface area (Å²) in [5, 5.41) is 0. The van der Waals surface area contributed by atoms with Gasteiger partial charge in [-0.3, -0.25) is 4.79 Å². The first-order chi connectivity index (χ1) is 9.54. The van der Waals surface area contributed by atoms with E-state index in [1.807, 2.05) is 11.9 Å². The van der Waals surface area contributed by atoms with E-state index in [1.165, 1.54) is 12.5 Å². The average Bonchev–Trinajstić information content (AvgIpc) is 2.46. The van der Waals surface area contributed by atoms with Gasteiger partial charge in [0.1, 0.15) is 5.82 Å². The average molecular weight is 279 g/mol. The predicted molar refractivity (Wildman–Crippen MR) is 78.1 cm³/mol. The Morgan fingerprint density at radius 2 is 2.10 bits per heavy atom. The Hall–Kier alpha value is -1.62. The molecule has 1 aromatic carbocycles. The molecule has 4 N–H and O–H groups in total. The summed E-state index contributed by atoms with van der Waals surface area (Å²) >= 11 is 0. The van der Waals surface area contributed by atoms with Crippen molar-refractivity contribution in [1.29, 1.82) is 0 Å². The molecule has 1 amide bonds. The number of benzene rings is 1. The van der Waals surface area contributed by atoms with Crippen molar-refractivity contribution in [3.63, 3.8) is 0 Å². The number of rotatable bonds is 4. The van der Waals surface area contributed by atoms with Crippen LogP contribution in [0.3, 0.4) is 0 Å². The van der Waals surface area contributed by atoms with Gasteiger partial charge < -0.3 is 16.4 Å². The molecule has 2 unspecified atom stereocenters. The van der Waals surface area contributed by atoms with Crippen LogP contribution in [0.25, 0.3) is 0 Å². The number of nitrogens with zero attached hydrogens (tertiary/aromatic N) is 1. The van der Waals surface area contributed by atoms with Gasteiger partial charge in [0.05, 0.1) is 5.69 Å². The summed E-state index contributed by atoms with van der Waals surface area (Å²) in [6, 6.07) is 4.64. The second-order valence-electron chi connectivity index (χ2n) is 5.49. The quantitative estimate of drug-likeness (QED) is 0.884. The van der Waals surface area contributed by atoms with Crippen molar-refractivity contribution in [3.8, 4) is 0 Å². The third kappa shape index (κ3) is 2.93. The maximum Gasteiger partial charge on any atom is 0.248 e. The molecular weight excluding hydrogens is 257 g/mol. The van der Waals surface area contributed by atoms with E-state index in [4.69, 9.17) is 11.5 Å². The highest BCUT2D eigenvalue weighted by molar-refractivity contribution is 5.93. The Morgan fingerprint density at radius 1 is 1.40 bits per heavy atom. The van der Waals surface area contributed by atoms with E-state index in [0.29, 0.717) is 18.2 Å². The van der Waals surface area contributed by atoms with Gasteiger partial charge in [0.25, 0.3) is 0 Å². The Labute approximate surface area is 118 Å². The lowest BCUT2D eigenvalue weighted by atomic mass is 9.83. The number of primary amides is 1. The minimum atomic E-state index is -0.615. The van der Waals surface area contributed by atoms with E-state index in [2.05, 4.69) is 0 Å². The normalized spacial score (nSPS) is 22.6. The van der Waals surface area contributed by atoms with Crippen molar-refractivity contribution in [2.24, 2.45) is 17.4 Å². The topological polar surface area (TPSA) is 72.3 Å². The number of anilines is 1. The van der Waals surface area contributed by atoms with E-state index in [1.54, 1.807) is 12.1 Å². The fraction of sp³-hybridized carbons (Fsp3) is 0.533. The molecule has 110 valence electrons. The monoisotopic (exact) mass is 279 g/mol. The molecule has 2 rings (SSSR count). The van der Waals surface area contributed by atoms with Crippen LogP contribution in [0.2, 0.25) is 0 Å². The van der Waals surface area contributed by atoms with E-state index in [0.717, 1.165) is 19.3 Å². The third-order valence-electron chi connectivity index (χ3n) is 4.28. The van der Waals surface area contributed by atoms with Gasteiger partial charge in [-0.15, -0.1) is 0 Å². The Balaban J connectivity index is 2.23. The lowest BCUT2D eigenvalue weighted by Gasteiger charge is -2.39. The maximum absolute atomic E-state index is 14.2. The lowest BCUT2D eigenvalue weighted by molar-refractivity contribution is 0.1000. The van der Waals surface area contributed by atoms with Gasteiger partial charge in [0.15, 0.2) is 0 Å². The molecule has 1 saturated carbocycles. The van der Waals surface area contributed by atoms with Crippen molar-refractivity contribution in [1.82, 2.24) is 0 Å². The summed E-state index contributed by atoms with van der Waals surface area (Å²) < 4.78 is 14.2. The van der Waals surface area contributed by atoms with Gasteiger partial charge in [-0.05, 0) is 43.5 Å². The van der Waals surface area contributed by atoms with E-state index in [9.17, 15) is 9.18 Å². The molecule has 0 spiro atoms. The van der Waals surface area contributed by atoms with E-state index >= 15 is 0 Å². The van der Waals surface area contributed by atoms with Crippen LogP contribution in [-0.4, -0.2) is 25.5 Å². The Bertz CT molecular complexity index is 492. The predicted octanol–water partition coefficient (Wildman–Crippen LogP) is 1.88. The van der Waals surface area contributed by atoms with Crippen LogP contribution < -0.4 is 16.4 Å². The molecule has 1 aromatic rings. The lowest BCUT2D eigenvalue weighted by Crippen LogP contribution is -2.43. The molecule has 1 aliphatic rings. The van der Waals surface area contributed by atoms with Crippen LogP contribution in [-0.2, 0) is 0 Å². The van der Waals surface area contributed by atoms with Gasteiger partial charge in [-0.25, -0.2) is 4.39 Å². The van der Waals surface area contributed by atoms with Gasteiger partial charge >= 0.3 is 0 Å². The van der Waals surface area contributed by atoms with E-state index < -0.39 is 11.7 Å². The highest BCUT2D eigenvalue weighted by Crippen LogP contribution is 2.31. The summed E-state index contributed by atoms with van der Waals surface area (Å²) in [6.07, 6.45) is 4.45. The minimum absolute atomic E-state index is 0.193. The van der Waals surface area contributed by atoms with Crippen LogP contribution >= 0.6 is 0 Å². The molecule has 0 heterocycles. The highest BCUT2D eigenvalue weighted by Gasteiger charge is 2.28. The second-order valence-corrected chi connectivity index (χ2v) is 5.49. The molecule has 2 atom stereocenters. The molecule has 20 heavy (non-hydrogen) atoms. The minimum Gasteiger partial charge on any atom is -0.369 e. The van der Waals surface area contributed by atoms with Crippen LogP contribution in [0, 0.1) is 11.7 Å². The number of halogens is 1. The molecule has 1 aliphatic carbocycles. The zero-order valence-corrected chi connectivity index (χ0v) is 11.8. The largest absolute Gasteiger partial charge is 0.369 e. The molecule has 0 aromatic heterocycles. The summed E-state index contributed by atoms with van der Waals surface area (Å²) in [6.45, 7) is 0.621. The fourth-order valence-electron chi connectivity index (χ4n) is 3.10. The smallest absolute Gasteiger partial charge is 0.248 e. The molecular formula is C15H22FN3O. The van der Waals surface area contributed by atoms with Crippen LogP contribution in [0.5, 0.6) is 0 Å². The number of hydrogen-bond acceptors (Lipinski definition) is 3. The number of carbonyl (C=O) groups excluding carboxylic acids is 1. The molecule has 1 fully saturated rings. The van der Waals surface area contributed by atoms with Gasteiger partial charge in [0.2, 0.25) is 5.91 Å². The molecule has 4 nitrogen and oxygen atoms in total.